The number of benzene rings is 1. The number of nitrogens with two attached hydrogens (primary N) is 1. The predicted octanol–water partition coefficient (Wildman–Crippen LogP) is 3.10. The van der Waals surface area contributed by atoms with Gasteiger partial charge in [-0.25, -0.2) is 0 Å². The molecule has 1 heterocycles. The van der Waals surface area contributed by atoms with Crippen molar-refractivity contribution in [2.75, 3.05) is 0 Å². The molecule has 0 aliphatic carbocycles. The third-order valence-corrected chi connectivity index (χ3v) is 2.14. The minimum Gasteiger partial charge on any atom is -0.324 e. The van der Waals surface area contributed by atoms with Crippen LogP contribution in [0.4, 0.5) is 0 Å². The van der Waals surface area contributed by atoms with Gasteiger partial charge in [-0.3, -0.25) is 4.98 Å². The molecular weight excluding hydrogens is 231 g/mol. The van der Waals surface area contributed by atoms with Crippen LogP contribution in [0.1, 0.15) is 18.5 Å². The van der Waals surface area contributed by atoms with Crippen LogP contribution in [0.25, 0.3) is 10.9 Å². The van der Waals surface area contributed by atoms with Crippen LogP contribution in [-0.4, -0.2) is 4.98 Å². The van der Waals surface area contributed by atoms with E-state index in [-0.39, 0.29) is 30.9 Å². The first kappa shape index (κ1) is 14.2. The Morgan fingerprint density at radius 3 is 2.53 bits per heavy atom. The van der Waals surface area contributed by atoms with Crippen molar-refractivity contribution in [3.05, 3.63) is 42.1 Å². The Balaban J connectivity index is 0.000000980. The normalized spacial score (nSPS) is 11.3. The molecule has 2 rings (SSSR count). The Kier molecular flexibility index (Phi) is 5.58. The van der Waals surface area contributed by atoms with Crippen LogP contribution in [0.5, 0.6) is 0 Å². The highest BCUT2D eigenvalue weighted by Crippen LogP contribution is 2.15. The summed E-state index contributed by atoms with van der Waals surface area (Å²) in [6.07, 6.45) is 1.84. The molecule has 0 radical (unpaired) electrons. The van der Waals surface area contributed by atoms with Gasteiger partial charge < -0.3 is 5.73 Å². The number of nitrogens with zero attached hydrogens (tertiary/aromatic N) is 1. The van der Waals surface area contributed by atoms with Crippen LogP contribution in [0.3, 0.4) is 0 Å². The third kappa shape index (κ3) is 3.06. The van der Waals surface area contributed by atoms with E-state index in [1.54, 1.807) is 0 Å². The molecule has 2 N–H and O–H groups in total. The van der Waals surface area contributed by atoms with Gasteiger partial charge >= 0.3 is 0 Å². The summed E-state index contributed by atoms with van der Waals surface area (Å²) >= 11 is 0. The lowest BCUT2D eigenvalue weighted by atomic mass is 10.1. The zero-order valence-electron chi connectivity index (χ0n) is 8.38. The number of halogens is 2. The third-order valence-electron chi connectivity index (χ3n) is 2.14. The van der Waals surface area contributed by atoms with E-state index in [0.29, 0.717) is 0 Å². The molecule has 1 atom stereocenters. The van der Waals surface area contributed by atoms with Gasteiger partial charge in [-0.15, -0.1) is 24.8 Å². The summed E-state index contributed by atoms with van der Waals surface area (Å²) in [5.74, 6) is 0. The summed E-state index contributed by atoms with van der Waals surface area (Å²) < 4.78 is 0. The van der Waals surface area contributed by atoms with E-state index in [9.17, 15) is 0 Å². The molecule has 1 aromatic heterocycles. The van der Waals surface area contributed by atoms with Crippen LogP contribution < -0.4 is 5.73 Å². The summed E-state index contributed by atoms with van der Waals surface area (Å²) in [5.41, 5.74) is 7.87. The number of hydrogen-bond donors (Lipinski definition) is 1. The van der Waals surface area contributed by atoms with Crippen molar-refractivity contribution in [1.82, 2.24) is 4.98 Å². The highest BCUT2D eigenvalue weighted by atomic mass is 35.5. The molecule has 0 unspecified atom stereocenters. The fraction of sp³-hybridized carbons (Fsp3) is 0.182. The van der Waals surface area contributed by atoms with Crippen LogP contribution in [0, 0.1) is 0 Å². The van der Waals surface area contributed by atoms with E-state index in [1.165, 1.54) is 0 Å². The van der Waals surface area contributed by atoms with Crippen molar-refractivity contribution in [2.45, 2.75) is 13.0 Å². The minimum absolute atomic E-state index is 0. The van der Waals surface area contributed by atoms with Gasteiger partial charge in [0, 0.05) is 17.6 Å². The molecule has 0 aliphatic rings. The Morgan fingerprint density at radius 1 is 1.20 bits per heavy atom. The predicted molar refractivity (Wildman–Crippen MR) is 68.8 cm³/mol. The number of aromatic nitrogens is 1. The monoisotopic (exact) mass is 244 g/mol. The second-order valence-corrected chi connectivity index (χ2v) is 3.25. The molecule has 0 aliphatic heterocycles. The van der Waals surface area contributed by atoms with E-state index >= 15 is 0 Å². The standard InChI is InChI=1S/C11H12N2.2ClH/c1-8(12)10-6-9-4-2-3-5-11(9)13-7-10;;/h2-8H,12H2,1H3;2*1H/t8-;;/m0../s1. The summed E-state index contributed by atoms with van der Waals surface area (Å²) in [7, 11) is 0. The van der Waals surface area contributed by atoms with E-state index in [1.807, 2.05) is 37.4 Å². The maximum Gasteiger partial charge on any atom is 0.0702 e. The molecule has 0 amide bonds. The molecule has 2 nitrogen and oxygen atoms in total. The number of hydrogen-bond acceptors (Lipinski definition) is 2. The average Bonchev–Trinajstić information content (AvgIpc) is 2.17. The van der Waals surface area contributed by atoms with Gasteiger partial charge in [-0.05, 0) is 24.6 Å². The van der Waals surface area contributed by atoms with Crippen molar-refractivity contribution in [3.8, 4) is 0 Å². The molecule has 15 heavy (non-hydrogen) atoms. The number of para-hydroxylation sites is 1. The number of rotatable bonds is 1. The van der Waals surface area contributed by atoms with Gasteiger partial charge in [0.2, 0.25) is 0 Å². The molecule has 2 aromatic rings. The first-order valence-corrected chi connectivity index (χ1v) is 4.37. The Labute approximate surface area is 102 Å². The Bertz CT molecular complexity index is 430. The Morgan fingerprint density at radius 2 is 1.87 bits per heavy atom. The lowest BCUT2D eigenvalue weighted by Crippen LogP contribution is -2.04. The zero-order valence-corrected chi connectivity index (χ0v) is 10.0. The maximum atomic E-state index is 5.76. The molecule has 4 heteroatoms. The van der Waals surface area contributed by atoms with Crippen molar-refractivity contribution < 1.29 is 0 Å². The Hall–Kier alpha value is -0.830. The molecule has 1 aromatic carbocycles. The second kappa shape index (κ2) is 5.91. The van der Waals surface area contributed by atoms with E-state index in [0.717, 1.165) is 16.5 Å². The van der Waals surface area contributed by atoms with Gasteiger partial charge in [0.1, 0.15) is 0 Å². The first-order chi connectivity index (χ1) is 6.27. The maximum absolute atomic E-state index is 5.76. The summed E-state index contributed by atoms with van der Waals surface area (Å²) in [4.78, 5) is 4.32. The summed E-state index contributed by atoms with van der Waals surface area (Å²) in [6, 6.07) is 10.2. The minimum atomic E-state index is 0. The molecule has 0 fully saturated rings. The lowest BCUT2D eigenvalue weighted by Gasteiger charge is -2.05. The zero-order chi connectivity index (χ0) is 9.26. The van der Waals surface area contributed by atoms with Gasteiger partial charge in [-0.1, -0.05) is 18.2 Å². The fourth-order valence-electron chi connectivity index (χ4n) is 1.34. The molecule has 82 valence electrons. The largest absolute Gasteiger partial charge is 0.324 e. The van der Waals surface area contributed by atoms with Crippen LogP contribution in [-0.2, 0) is 0 Å². The molecule has 0 saturated heterocycles. The van der Waals surface area contributed by atoms with E-state index in [2.05, 4.69) is 11.1 Å². The molecule has 0 bridgehead atoms. The highest BCUT2D eigenvalue weighted by Gasteiger charge is 2.00. The van der Waals surface area contributed by atoms with Crippen molar-refractivity contribution in [1.29, 1.82) is 0 Å². The second-order valence-electron chi connectivity index (χ2n) is 3.25. The summed E-state index contributed by atoms with van der Waals surface area (Å²) in [6.45, 7) is 1.96. The van der Waals surface area contributed by atoms with E-state index in [4.69, 9.17) is 5.73 Å². The SMILES string of the molecule is C[C@H](N)c1cnc2ccccc2c1.Cl.Cl. The lowest BCUT2D eigenvalue weighted by molar-refractivity contribution is 0.814. The van der Waals surface area contributed by atoms with Crippen molar-refractivity contribution >= 4 is 35.7 Å². The topological polar surface area (TPSA) is 38.9 Å². The van der Waals surface area contributed by atoms with Gasteiger partial charge in [0.05, 0.1) is 5.52 Å². The smallest absolute Gasteiger partial charge is 0.0702 e. The highest BCUT2D eigenvalue weighted by molar-refractivity contribution is 5.85. The van der Waals surface area contributed by atoms with Crippen LogP contribution in [0.15, 0.2) is 36.5 Å². The number of fused-ring (bicyclic) bond motifs is 1. The first-order valence-electron chi connectivity index (χ1n) is 4.37. The quantitative estimate of drug-likeness (QED) is 0.838. The van der Waals surface area contributed by atoms with Gasteiger partial charge in [0.15, 0.2) is 0 Å². The van der Waals surface area contributed by atoms with Crippen molar-refractivity contribution in [2.24, 2.45) is 5.73 Å². The van der Waals surface area contributed by atoms with Crippen LogP contribution in [0.2, 0.25) is 0 Å². The van der Waals surface area contributed by atoms with Gasteiger partial charge in [-0.2, -0.15) is 0 Å². The molecular formula is C11H14Cl2N2. The van der Waals surface area contributed by atoms with Crippen LogP contribution >= 0.6 is 24.8 Å². The fourth-order valence-corrected chi connectivity index (χ4v) is 1.34. The van der Waals surface area contributed by atoms with E-state index < -0.39 is 0 Å². The van der Waals surface area contributed by atoms with Crippen molar-refractivity contribution in [3.63, 3.8) is 0 Å². The number of pyridine rings is 1. The summed E-state index contributed by atoms with van der Waals surface area (Å²) in [5, 5.41) is 1.15. The molecule has 0 saturated carbocycles. The molecule has 0 spiro atoms. The van der Waals surface area contributed by atoms with Gasteiger partial charge in [0.25, 0.3) is 0 Å². The average molecular weight is 245 g/mol.